The molecule has 0 aromatic carbocycles. The van der Waals surface area contributed by atoms with Crippen LogP contribution in [-0.4, -0.2) is 74.9 Å². The van der Waals surface area contributed by atoms with Crippen LogP contribution in [0.4, 0.5) is 5.95 Å². The van der Waals surface area contributed by atoms with Crippen molar-refractivity contribution < 1.29 is 9.84 Å². The smallest absolute Gasteiger partial charge is 0.233 e. The van der Waals surface area contributed by atoms with Gasteiger partial charge in [-0.2, -0.15) is 9.97 Å². The van der Waals surface area contributed by atoms with E-state index >= 15 is 0 Å². The normalized spacial score (nSPS) is 21.8. The van der Waals surface area contributed by atoms with Crippen LogP contribution >= 0.6 is 0 Å². The minimum Gasteiger partial charge on any atom is -0.498 e. The molecule has 1 aliphatic carbocycles. The molecule has 162 valence electrons. The fraction of sp³-hybridized carbons (Fsp3) is 0.400. The third-order valence-electron chi connectivity index (χ3n) is 5.85. The molecule has 0 amide bonds. The third-order valence-corrected chi connectivity index (χ3v) is 5.85. The van der Waals surface area contributed by atoms with Crippen molar-refractivity contribution in [1.82, 2.24) is 29.3 Å². The van der Waals surface area contributed by atoms with Crippen molar-refractivity contribution in [1.29, 1.82) is 0 Å². The Morgan fingerprint density at radius 1 is 1.25 bits per heavy atom. The highest BCUT2D eigenvalue weighted by atomic mass is 16.5. The Hall–Kier alpha value is -3.01. The Balaban J connectivity index is 1.54. The zero-order valence-electron chi connectivity index (χ0n) is 18.9. The lowest BCUT2D eigenvalue weighted by atomic mass is 9.52. The van der Waals surface area contributed by atoms with Crippen LogP contribution in [0, 0.1) is 0 Å². The highest BCUT2D eigenvalue weighted by Crippen LogP contribution is 2.36. The van der Waals surface area contributed by atoms with Gasteiger partial charge in [-0.25, -0.2) is 9.97 Å². The molecular weight excluding hydrogens is 403 g/mol. The van der Waals surface area contributed by atoms with Crippen molar-refractivity contribution in [2.75, 3.05) is 5.32 Å². The number of hydrogen-bond donors (Lipinski definition) is 3. The van der Waals surface area contributed by atoms with Gasteiger partial charge in [0, 0.05) is 53.5 Å². The van der Waals surface area contributed by atoms with Gasteiger partial charge in [0.2, 0.25) is 17.6 Å². The van der Waals surface area contributed by atoms with Gasteiger partial charge in [-0.05, 0) is 32.6 Å². The maximum atomic E-state index is 10.2. The number of ether oxygens (including phenoxy) is 1. The largest absolute Gasteiger partial charge is 0.498 e. The molecule has 4 aromatic heterocycles. The predicted octanol–water partition coefficient (Wildman–Crippen LogP) is -0.338. The summed E-state index contributed by atoms with van der Waals surface area (Å²) in [7, 11) is 6.01. The molecule has 4 heterocycles. The summed E-state index contributed by atoms with van der Waals surface area (Å²) in [6.07, 6.45) is 12.5. The van der Waals surface area contributed by atoms with Gasteiger partial charge in [0.1, 0.15) is 29.2 Å². The summed E-state index contributed by atoms with van der Waals surface area (Å²) in [4.78, 5) is 21.4. The number of aromatic nitrogens is 6. The molecule has 12 heteroatoms. The number of imidazole rings is 1. The summed E-state index contributed by atoms with van der Waals surface area (Å²) in [6, 6.07) is 0.220. The van der Waals surface area contributed by atoms with Crippen molar-refractivity contribution in [3.05, 3.63) is 31.0 Å². The lowest BCUT2D eigenvalue weighted by Crippen LogP contribution is -2.38. The predicted molar refractivity (Wildman–Crippen MR) is 131 cm³/mol. The van der Waals surface area contributed by atoms with Gasteiger partial charge in [-0.1, -0.05) is 0 Å². The average molecular weight is 429 g/mol. The van der Waals surface area contributed by atoms with Crippen LogP contribution < -0.4 is 10.1 Å². The van der Waals surface area contributed by atoms with Crippen LogP contribution in [0.5, 0.6) is 5.88 Å². The summed E-state index contributed by atoms with van der Waals surface area (Å²) in [6.45, 7) is 1.90. The van der Waals surface area contributed by atoms with E-state index in [1.807, 2.05) is 53.5 Å². The minimum atomic E-state index is -0.581. The summed E-state index contributed by atoms with van der Waals surface area (Å²) in [5, 5.41) is 14.1. The number of anilines is 1. The number of rotatable bonds is 5. The second kappa shape index (κ2) is 7.55. The topological polar surface area (TPSA) is 113 Å². The molecule has 9 nitrogen and oxygen atoms in total. The zero-order chi connectivity index (χ0) is 22.5. The van der Waals surface area contributed by atoms with E-state index in [1.54, 1.807) is 12.4 Å². The van der Waals surface area contributed by atoms with E-state index in [9.17, 15) is 5.11 Å². The van der Waals surface area contributed by atoms with E-state index < -0.39 is 10.9 Å². The first-order valence-corrected chi connectivity index (χ1v) is 11.0. The molecule has 5 rings (SSSR count). The van der Waals surface area contributed by atoms with Crippen molar-refractivity contribution in [2.24, 2.45) is 0 Å². The number of fused-ring (bicyclic) bond motifs is 2. The molecule has 0 spiro atoms. The zero-order valence-corrected chi connectivity index (χ0v) is 18.9. The lowest BCUT2D eigenvalue weighted by Gasteiger charge is -2.33. The van der Waals surface area contributed by atoms with Crippen molar-refractivity contribution >= 4 is 46.3 Å². The maximum Gasteiger partial charge on any atom is 0.233 e. The van der Waals surface area contributed by atoms with Crippen molar-refractivity contribution in [3.8, 4) is 17.0 Å². The number of nitrogens with zero attached hydrogens (tertiary/aromatic N) is 5. The Kier molecular flexibility index (Phi) is 4.92. The molecular formula is C20H26B3N7O2. The Labute approximate surface area is 188 Å². The number of hydrogen-bond acceptors (Lipinski definition) is 7. The van der Waals surface area contributed by atoms with Crippen LogP contribution in [0.1, 0.15) is 32.6 Å². The lowest BCUT2D eigenvalue weighted by molar-refractivity contribution is 0.0195. The molecule has 0 bridgehead atoms. The highest BCUT2D eigenvalue weighted by molar-refractivity contribution is 6.58. The molecule has 1 saturated carbocycles. The maximum absolute atomic E-state index is 10.2. The molecule has 0 aliphatic heterocycles. The van der Waals surface area contributed by atoms with Gasteiger partial charge in [0.15, 0.2) is 0 Å². The van der Waals surface area contributed by atoms with Crippen LogP contribution in [-0.2, 0) is 0 Å². The first-order chi connectivity index (χ1) is 15.2. The van der Waals surface area contributed by atoms with Gasteiger partial charge in [-0.3, -0.25) is 4.40 Å². The van der Waals surface area contributed by atoms with Gasteiger partial charge in [0.05, 0.1) is 11.0 Å². The fourth-order valence-electron chi connectivity index (χ4n) is 4.18. The molecule has 1 fully saturated rings. The number of H-pyrrole nitrogens is 1. The van der Waals surface area contributed by atoms with Crippen molar-refractivity contribution in [2.45, 2.75) is 49.5 Å². The molecule has 0 radical (unpaired) electrons. The van der Waals surface area contributed by atoms with E-state index in [-0.39, 0.29) is 6.04 Å². The number of aromatic amines is 1. The summed E-state index contributed by atoms with van der Waals surface area (Å²) in [5.41, 5.74) is 1.95. The number of aliphatic hydroxyl groups is 1. The van der Waals surface area contributed by atoms with Gasteiger partial charge in [-0.15, -0.1) is 0 Å². The monoisotopic (exact) mass is 429 g/mol. The fourth-order valence-corrected chi connectivity index (χ4v) is 4.18. The Bertz CT molecular complexity index is 1270. The molecule has 4 aromatic rings. The van der Waals surface area contributed by atoms with Gasteiger partial charge in [0.25, 0.3) is 0 Å². The van der Waals surface area contributed by atoms with E-state index in [0.29, 0.717) is 23.3 Å². The quantitative estimate of drug-likeness (QED) is 0.373. The second-order valence-corrected chi connectivity index (χ2v) is 9.89. The van der Waals surface area contributed by atoms with Crippen LogP contribution in [0.15, 0.2) is 31.0 Å². The standard InChI is InChI=1S/C20H26B3N7O2/c1-19(31)4-2-12(3-5-19)27-17-28-15-14(16(29-17)32-20(21,22)23)13(9-25-15)11-8-26-18-24-6-7-30(18)10-11/h6-10,12,31H,2-5,21-23H2,1H3,(H2,25,27,28,29)/t12-,19+. The van der Waals surface area contributed by atoms with Crippen LogP contribution in [0.3, 0.4) is 0 Å². The average Bonchev–Trinajstić information content (AvgIpc) is 3.34. The van der Waals surface area contributed by atoms with E-state index in [4.69, 9.17) is 14.7 Å². The molecule has 0 unspecified atom stereocenters. The van der Waals surface area contributed by atoms with E-state index in [0.717, 1.165) is 42.2 Å². The van der Waals surface area contributed by atoms with E-state index in [2.05, 4.69) is 20.3 Å². The minimum absolute atomic E-state index is 0.220. The molecule has 1 aliphatic rings. The molecule has 0 atom stereocenters. The first-order valence-electron chi connectivity index (χ1n) is 11.0. The molecule has 3 N–H and O–H groups in total. The Morgan fingerprint density at radius 3 is 2.78 bits per heavy atom. The van der Waals surface area contributed by atoms with Crippen LogP contribution in [0.25, 0.3) is 27.9 Å². The summed E-state index contributed by atoms with van der Waals surface area (Å²) in [5.74, 6) is 1.70. The summed E-state index contributed by atoms with van der Waals surface area (Å²) >= 11 is 0. The third kappa shape index (κ3) is 4.19. The van der Waals surface area contributed by atoms with Gasteiger partial charge < -0.3 is 20.1 Å². The molecule has 32 heavy (non-hydrogen) atoms. The second-order valence-electron chi connectivity index (χ2n) is 9.89. The number of nitrogens with one attached hydrogen (secondary N) is 2. The Morgan fingerprint density at radius 2 is 2.03 bits per heavy atom. The first kappa shape index (κ1) is 20.9. The van der Waals surface area contributed by atoms with E-state index in [1.165, 1.54) is 0 Å². The van der Waals surface area contributed by atoms with Gasteiger partial charge >= 0.3 is 0 Å². The van der Waals surface area contributed by atoms with Crippen molar-refractivity contribution in [3.63, 3.8) is 0 Å². The van der Waals surface area contributed by atoms with Crippen LogP contribution in [0.2, 0.25) is 0 Å². The SMILES string of the molecule is BC(B)(B)Oc1nc(N[C@H]2CC[C@@](C)(O)CC2)nc2[nH]cc(-c3cnc4nccn4c3)c12. The molecule has 0 saturated heterocycles. The highest BCUT2D eigenvalue weighted by Gasteiger charge is 2.29. The summed E-state index contributed by atoms with van der Waals surface area (Å²) < 4.78 is 8.16.